The summed E-state index contributed by atoms with van der Waals surface area (Å²) in [6.07, 6.45) is 1.04. The Morgan fingerprint density at radius 1 is 1.10 bits per heavy atom. The number of morpholine rings is 1. The van der Waals surface area contributed by atoms with E-state index in [9.17, 15) is 0 Å². The van der Waals surface area contributed by atoms with Gasteiger partial charge >= 0.3 is 0 Å². The maximum Gasteiger partial charge on any atom is 0.231 e. The molecule has 1 fully saturated rings. The summed E-state index contributed by atoms with van der Waals surface area (Å²) in [5.74, 6) is 1.25. The van der Waals surface area contributed by atoms with Gasteiger partial charge < -0.3 is 19.4 Å². The topological polar surface area (TPSA) is 57.6 Å². The molecule has 21 heavy (non-hydrogen) atoms. The zero-order chi connectivity index (χ0) is 15.2. The van der Waals surface area contributed by atoms with Crippen LogP contribution in [0.5, 0.6) is 0 Å². The third-order valence-electron chi connectivity index (χ3n) is 3.32. The molecule has 0 unspecified atom stereocenters. The Labute approximate surface area is 130 Å². The van der Waals surface area contributed by atoms with E-state index in [1.807, 2.05) is 11.9 Å². The molecule has 1 aromatic rings. The fourth-order valence-corrected chi connectivity index (χ4v) is 2.28. The molecule has 0 radical (unpaired) electrons. The van der Waals surface area contributed by atoms with Gasteiger partial charge in [-0.15, -0.1) is 0 Å². The van der Waals surface area contributed by atoms with E-state index in [0.29, 0.717) is 25.1 Å². The van der Waals surface area contributed by atoms with Crippen LogP contribution < -0.4 is 9.80 Å². The molecule has 1 aliphatic heterocycles. The van der Waals surface area contributed by atoms with Gasteiger partial charge in [0.05, 0.1) is 13.2 Å². The molecule has 1 saturated heterocycles. The van der Waals surface area contributed by atoms with Crippen LogP contribution >= 0.6 is 11.6 Å². The van der Waals surface area contributed by atoms with Gasteiger partial charge in [0.25, 0.3) is 0 Å². The van der Waals surface area contributed by atoms with Crippen LogP contribution in [0.25, 0.3) is 0 Å². The molecule has 1 aromatic heterocycles. The van der Waals surface area contributed by atoms with Crippen molar-refractivity contribution in [1.29, 1.82) is 0 Å². The van der Waals surface area contributed by atoms with E-state index < -0.39 is 0 Å². The monoisotopic (exact) mass is 314 g/mol. The number of anilines is 2. The van der Waals surface area contributed by atoms with Crippen LogP contribution in [0.3, 0.4) is 0 Å². The number of aromatic nitrogens is 3. The van der Waals surface area contributed by atoms with Crippen molar-refractivity contribution < 1.29 is 4.74 Å². The van der Waals surface area contributed by atoms with E-state index in [1.54, 1.807) is 0 Å². The van der Waals surface area contributed by atoms with Gasteiger partial charge in [0.1, 0.15) is 0 Å². The summed E-state index contributed by atoms with van der Waals surface area (Å²) in [5.41, 5.74) is 0. The molecule has 2 rings (SSSR count). The molecule has 0 saturated carbocycles. The van der Waals surface area contributed by atoms with Crippen molar-refractivity contribution in [2.45, 2.75) is 6.42 Å². The van der Waals surface area contributed by atoms with E-state index in [2.05, 4.69) is 38.8 Å². The Kier molecular flexibility index (Phi) is 5.96. The summed E-state index contributed by atoms with van der Waals surface area (Å²) in [5, 5.41) is 0.237. The fraction of sp³-hybridized carbons (Fsp3) is 0.769. The van der Waals surface area contributed by atoms with E-state index in [4.69, 9.17) is 16.3 Å². The largest absolute Gasteiger partial charge is 0.378 e. The lowest BCUT2D eigenvalue weighted by molar-refractivity contribution is 0.122. The Balaban J connectivity index is 2.03. The predicted molar refractivity (Wildman–Crippen MR) is 84.3 cm³/mol. The second-order valence-electron chi connectivity index (χ2n) is 5.38. The van der Waals surface area contributed by atoms with E-state index in [1.165, 1.54) is 0 Å². The van der Waals surface area contributed by atoms with Gasteiger partial charge in [-0.3, -0.25) is 0 Å². The Hall–Kier alpha value is -1.18. The van der Waals surface area contributed by atoms with Crippen molar-refractivity contribution in [2.75, 3.05) is 70.3 Å². The zero-order valence-corrected chi connectivity index (χ0v) is 13.7. The van der Waals surface area contributed by atoms with Crippen LogP contribution in [0, 0.1) is 0 Å². The molecular weight excluding hydrogens is 292 g/mol. The quantitative estimate of drug-likeness (QED) is 0.768. The highest BCUT2D eigenvalue weighted by molar-refractivity contribution is 6.28. The first-order chi connectivity index (χ1) is 10.1. The lowest BCUT2D eigenvalue weighted by atomic mass is 10.4. The van der Waals surface area contributed by atoms with Gasteiger partial charge in [-0.05, 0) is 38.7 Å². The molecule has 0 aliphatic carbocycles. The summed E-state index contributed by atoms with van der Waals surface area (Å²) in [7, 11) is 6.11. The van der Waals surface area contributed by atoms with Crippen molar-refractivity contribution in [2.24, 2.45) is 0 Å². The van der Waals surface area contributed by atoms with Crippen LogP contribution in [0.15, 0.2) is 0 Å². The fourth-order valence-electron chi connectivity index (χ4n) is 2.13. The zero-order valence-electron chi connectivity index (χ0n) is 12.9. The Morgan fingerprint density at radius 3 is 2.48 bits per heavy atom. The number of ether oxygens (including phenoxy) is 1. The van der Waals surface area contributed by atoms with Crippen molar-refractivity contribution in [1.82, 2.24) is 19.9 Å². The average Bonchev–Trinajstić information content (AvgIpc) is 2.47. The second kappa shape index (κ2) is 7.72. The number of hydrogen-bond acceptors (Lipinski definition) is 7. The molecule has 8 heteroatoms. The number of hydrogen-bond donors (Lipinski definition) is 0. The van der Waals surface area contributed by atoms with E-state index in [-0.39, 0.29) is 5.28 Å². The summed E-state index contributed by atoms with van der Waals surface area (Å²) in [6, 6.07) is 0. The van der Waals surface area contributed by atoms with Crippen molar-refractivity contribution in [3.63, 3.8) is 0 Å². The molecule has 0 N–H and O–H groups in total. The van der Waals surface area contributed by atoms with E-state index >= 15 is 0 Å². The first kappa shape index (κ1) is 16.2. The SMILES string of the molecule is CN(C)CCCN(C)c1nc(Cl)nc(N2CCOCC2)n1. The predicted octanol–water partition coefficient (Wildman–Crippen LogP) is 0.749. The first-order valence-corrected chi connectivity index (χ1v) is 7.54. The van der Waals surface area contributed by atoms with Gasteiger partial charge in [0.15, 0.2) is 0 Å². The second-order valence-corrected chi connectivity index (χ2v) is 5.72. The summed E-state index contributed by atoms with van der Waals surface area (Å²) >= 11 is 6.04. The summed E-state index contributed by atoms with van der Waals surface area (Å²) in [4.78, 5) is 19.2. The molecule has 2 heterocycles. The van der Waals surface area contributed by atoms with Crippen molar-refractivity contribution >= 4 is 23.5 Å². The molecule has 0 spiro atoms. The molecule has 1 aliphatic rings. The third-order valence-corrected chi connectivity index (χ3v) is 3.49. The number of nitrogens with zero attached hydrogens (tertiary/aromatic N) is 6. The summed E-state index contributed by atoms with van der Waals surface area (Å²) < 4.78 is 5.34. The first-order valence-electron chi connectivity index (χ1n) is 7.16. The van der Waals surface area contributed by atoms with Crippen LogP contribution in [0.2, 0.25) is 5.28 Å². The molecule has 0 atom stereocenters. The lowest BCUT2D eigenvalue weighted by Crippen LogP contribution is -2.38. The minimum atomic E-state index is 0.237. The highest BCUT2D eigenvalue weighted by Crippen LogP contribution is 2.17. The molecule has 118 valence electrons. The highest BCUT2D eigenvalue weighted by atomic mass is 35.5. The maximum atomic E-state index is 6.04. The van der Waals surface area contributed by atoms with Crippen molar-refractivity contribution in [3.8, 4) is 0 Å². The highest BCUT2D eigenvalue weighted by Gasteiger charge is 2.17. The average molecular weight is 315 g/mol. The smallest absolute Gasteiger partial charge is 0.231 e. The van der Waals surface area contributed by atoms with Crippen LogP contribution in [0.1, 0.15) is 6.42 Å². The van der Waals surface area contributed by atoms with Crippen LogP contribution in [-0.4, -0.2) is 80.4 Å². The van der Waals surface area contributed by atoms with Crippen LogP contribution in [0.4, 0.5) is 11.9 Å². The third kappa shape index (κ3) is 4.94. The van der Waals surface area contributed by atoms with Gasteiger partial charge in [0.2, 0.25) is 17.2 Å². The number of halogens is 1. The molecular formula is C13H23ClN6O. The Bertz CT molecular complexity index is 452. The standard InChI is InChI=1S/C13H23ClN6O/c1-18(2)5-4-6-19(3)12-15-11(14)16-13(17-12)20-7-9-21-10-8-20/h4-10H2,1-3H3. The van der Waals surface area contributed by atoms with Gasteiger partial charge in [-0.1, -0.05) is 0 Å². The summed E-state index contributed by atoms with van der Waals surface area (Å²) in [6.45, 7) is 4.85. The van der Waals surface area contributed by atoms with Crippen LogP contribution in [-0.2, 0) is 4.74 Å². The lowest BCUT2D eigenvalue weighted by Gasteiger charge is -2.27. The molecule has 0 amide bonds. The Morgan fingerprint density at radius 2 is 1.81 bits per heavy atom. The maximum absolute atomic E-state index is 6.04. The molecule has 0 bridgehead atoms. The van der Waals surface area contributed by atoms with E-state index in [0.717, 1.165) is 32.6 Å². The van der Waals surface area contributed by atoms with Gasteiger partial charge in [-0.2, -0.15) is 15.0 Å². The molecule has 7 nitrogen and oxygen atoms in total. The van der Waals surface area contributed by atoms with Gasteiger partial charge in [0, 0.05) is 26.7 Å². The van der Waals surface area contributed by atoms with Gasteiger partial charge in [-0.25, -0.2) is 0 Å². The normalized spacial score (nSPS) is 15.6. The van der Waals surface area contributed by atoms with Crippen molar-refractivity contribution in [3.05, 3.63) is 5.28 Å². The molecule has 0 aromatic carbocycles. The minimum Gasteiger partial charge on any atom is -0.378 e. The number of rotatable bonds is 6. The minimum absolute atomic E-state index is 0.237.